The van der Waals surface area contributed by atoms with Crippen molar-refractivity contribution in [2.75, 3.05) is 18.4 Å². The number of benzene rings is 4. The van der Waals surface area contributed by atoms with E-state index in [1.54, 1.807) is 0 Å². The third-order valence-electron chi connectivity index (χ3n) is 7.79. The van der Waals surface area contributed by atoms with Gasteiger partial charge < -0.3 is 15.2 Å². The van der Waals surface area contributed by atoms with Crippen molar-refractivity contribution in [1.82, 2.24) is 9.88 Å². The Morgan fingerprint density at radius 1 is 0.744 bits per heavy atom. The molecule has 2 N–H and O–H groups in total. The van der Waals surface area contributed by atoms with Crippen molar-refractivity contribution in [3.63, 3.8) is 0 Å². The number of hydrogen-bond donors (Lipinski definition) is 2. The minimum absolute atomic E-state index is 0.0424. The fourth-order valence-electron chi connectivity index (χ4n) is 5.77. The maximum atomic E-state index is 13.7. The summed E-state index contributed by atoms with van der Waals surface area (Å²) in [5.74, 6) is -0.273. The van der Waals surface area contributed by atoms with Crippen LogP contribution in [0.1, 0.15) is 51.7 Å². The van der Waals surface area contributed by atoms with Crippen LogP contribution in [0.15, 0.2) is 115 Å². The fourth-order valence-corrected chi connectivity index (χ4v) is 5.77. The Kier molecular flexibility index (Phi) is 6.96. The average Bonchev–Trinajstić information content (AvgIpc) is 3.43. The Hall–Kier alpha value is -4.64. The first-order chi connectivity index (χ1) is 19.2. The van der Waals surface area contributed by atoms with E-state index >= 15 is 0 Å². The SMILES string of the molecule is O=C(Nc1ccccc1C(=O)N1CCC(c2c[nH]c3ccccc23)CC1)C(c1ccccc1)c1ccccc1. The van der Waals surface area contributed by atoms with E-state index in [1.165, 1.54) is 10.9 Å². The predicted octanol–water partition coefficient (Wildman–Crippen LogP) is 6.96. The van der Waals surface area contributed by atoms with Gasteiger partial charge in [-0.15, -0.1) is 0 Å². The van der Waals surface area contributed by atoms with Crippen molar-refractivity contribution < 1.29 is 9.59 Å². The molecule has 1 aliphatic rings. The van der Waals surface area contributed by atoms with Gasteiger partial charge in [-0.3, -0.25) is 9.59 Å². The molecule has 0 saturated carbocycles. The van der Waals surface area contributed by atoms with Crippen LogP contribution in [0.3, 0.4) is 0 Å². The molecule has 5 nitrogen and oxygen atoms in total. The molecule has 1 aliphatic heterocycles. The van der Waals surface area contributed by atoms with Crippen LogP contribution in [0.5, 0.6) is 0 Å². The number of rotatable bonds is 6. The molecule has 5 aromatic rings. The van der Waals surface area contributed by atoms with Crippen molar-refractivity contribution in [2.45, 2.75) is 24.7 Å². The topological polar surface area (TPSA) is 65.2 Å². The summed E-state index contributed by atoms with van der Waals surface area (Å²) in [5.41, 5.74) is 5.37. The fraction of sp³-hybridized carbons (Fsp3) is 0.176. The standard InChI is InChI=1S/C34H31N3O2/c38-33(32(25-11-3-1-4-12-25)26-13-5-2-6-14-26)36-31-18-10-8-16-28(31)34(39)37-21-19-24(20-22-37)29-23-35-30-17-9-7-15-27(29)30/h1-18,23-24,32,35H,19-22H2,(H,36,38). The highest BCUT2D eigenvalue weighted by Gasteiger charge is 2.28. The van der Waals surface area contributed by atoms with E-state index in [0.29, 0.717) is 30.3 Å². The minimum atomic E-state index is -0.484. The van der Waals surface area contributed by atoms with Gasteiger partial charge in [-0.05, 0) is 53.6 Å². The summed E-state index contributed by atoms with van der Waals surface area (Å²) in [6.45, 7) is 1.36. The van der Waals surface area contributed by atoms with Gasteiger partial charge in [0.15, 0.2) is 0 Å². The van der Waals surface area contributed by atoms with E-state index in [2.05, 4.69) is 34.7 Å². The third kappa shape index (κ3) is 5.08. The lowest BCUT2D eigenvalue weighted by Gasteiger charge is -2.32. The normalized spacial score (nSPS) is 14.0. The van der Waals surface area contributed by atoms with Crippen LogP contribution in [0.2, 0.25) is 0 Å². The van der Waals surface area contributed by atoms with Crippen LogP contribution in [0.25, 0.3) is 10.9 Å². The Morgan fingerprint density at radius 3 is 2.03 bits per heavy atom. The smallest absolute Gasteiger partial charge is 0.255 e. The van der Waals surface area contributed by atoms with Crippen LogP contribution in [0, 0.1) is 0 Å². The van der Waals surface area contributed by atoms with Crippen molar-refractivity contribution >= 4 is 28.4 Å². The number of fused-ring (bicyclic) bond motifs is 1. The first kappa shape index (κ1) is 24.7. The number of anilines is 1. The highest BCUT2D eigenvalue weighted by Crippen LogP contribution is 2.34. The van der Waals surface area contributed by atoms with Crippen molar-refractivity contribution in [3.8, 4) is 0 Å². The summed E-state index contributed by atoms with van der Waals surface area (Å²) < 4.78 is 0. The lowest BCUT2D eigenvalue weighted by Crippen LogP contribution is -2.38. The third-order valence-corrected chi connectivity index (χ3v) is 7.79. The number of aromatic amines is 1. The lowest BCUT2D eigenvalue weighted by atomic mass is 9.89. The van der Waals surface area contributed by atoms with Crippen LogP contribution in [-0.4, -0.2) is 34.8 Å². The molecule has 194 valence electrons. The maximum absolute atomic E-state index is 13.7. The molecule has 2 amide bonds. The van der Waals surface area contributed by atoms with E-state index < -0.39 is 5.92 Å². The maximum Gasteiger partial charge on any atom is 0.255 e. The number of carbonyl (C=O) groups is 2. The molecule has 0 unspecified atom stereocenters. The number of H-pyrrole nitrogens is 1. The van der Waals surface area contributed by atoms with Crippen LogP contribution < -0.4 is 5.32 Å². The van der Waals surface area contributed by atoms with Crippen LogP contribution in [-0.2, 0) is 4.79 Å². The summed E-state index contributed by atoms with van der Waals surface area (Å²) in [6, 6.07) is 35.2. The quantitative estimate of drug-likeness (QED) is 0.258. The second-order valence-electron chi connectivity index (χ2n) is 10.1. The first-order valence-corrected chi connectivity index (χ1v) is 13.5. The van der Waals surface area contributed by atoms with Gasteiger partial charge in [0.05, 0.1) is 17.2 Å². The molecule has 39 heavy (non-hydrogen) atoms. The Labute approximate surface area is 228 Å². The van der Waals surface area contributed by atoms with Gasteiger partial charge in [-0.25, -0.2) is 0 Å². The number of amides is 2. The van der Waals surface area contributed by atoms with Crippen LogP contribution >= 0.6 is 0 Å². The molecular weight excluding hydrogens is 482 g/mol. The predicted molar refractivity (Wildman–Crippen MR) is 156 cm³/mol. The summed E-state index contributed by atoms with van der Waals surface area (Å²) in [4.78, 5) is 32.7. The molecule has 1 fully saturated rings. The first-order valence-electron chi connectivity index (χ1n) is 13.5. The van der Waals surface area contributed by atoms with Gasteiger partial charge in [-0.1, -0.05) is 91.0 Å². The zero-order chi connectivity index (χ0) is 26.6. The van der Waals surface area contributed by atoms with Crippen molar-refractivity contribution in [1.29, 1.82) is 0 Å². The van der Waals surface area contributed by atoms with Crippen molar-refractivity contribution in [3.05, 3.63) is 138 Å². The summed E-state index contributed by atoms with van der Waals surface area (Å²) in [6.07, 6.45) is 3.94. The summed E-state index contributed by atoms with van der Waals surface area (Å²) >= 11 is 0. The Bertz CT molecular complexity index is 1550. The minimum Gasteiger partial charge on any atom is -0.361 e. The molecular formula is C34H31N3O2. The second-order valence-corrected chi connectivity index (χ2v) is 10.1. The molecule has 6 rings (SSSR count). The van der Waals surface area contributed by atoms with E-state index in [9.17, 15) is 9.59 Å². The number of nitrogens with one attached hydrogen (secondary N) is 2. The van der Waals surface area contributed by atoms with Gasteiger partial charge in [0, 0.05) is 30.2 Å². The number of nitrogens with zero attached hydrogens (tertiary/aromatic N) is 1. The number of piperidine rings is 1. The molecule has 0 aliphatic carbocycles. The molecule has 4 aromatic carbocycles. The highest BCUT2D eigenvalue weighted by molar-refractivity contribution is 6.06. The summed E-state index contributed by atoms with van der Waals surface area (Å²) in [7, 11) is 0. The Morgan fingerprint density at radius 2 is 1.33 bits per heavy atom. The number of hydrogen-bond acceptors (Lipinski definition) is 2. The molecule has 0 spiro atoms. The monoisotopic (exact) mass is 513 g/mol. The van der Waals surface area contributed by atoms with E-state index in [-0.39, 0.29) is 11.8 Å². The molecule has 5 heteroatoms. The van der Waals surface area contributed by atoms with Crippen LogP contribution in [0.4, 0.5) is 5.69 Å². The van der Waals surface area contributed by atoms with Gasteiger partial charge in [0.25, 0.3) is 5.91 Å². The lowest BCUT2D eigenvalue weighted by molar-refractivity contribution is -0.116. The van der Waals surface area contributed by atoms with E-state index in [1.807, 2.05) is 95.9 Å². The molecule has 2 heterocycles. The van der Waals surface area contributed by atoms with Gasteiger partial charge in [0.1, 0.15) is 0 Å². The number of aromatic nitrogens is 1. The van der Waals surface area contributed by atoms with Gasteiger partial charge in [-0.2, -0.15) is 0 Å². The van der Waals surface area contributed by atoms with Gasteiger partial charge >= 0.3 is 0 Å². The Balaban J connectivity index is 1.19. The molecule has 0 radical (unpaired) electrons. The second kappa shape index (κ2) is 11.0. The number of likely N-dealkylation sites (tertiary alicyclic amines) is 1. The zero-order valence-electron chi connectivity index (χ0n) is 21.7. The largest absolute Gasteiger partial charge is 0.361 e. The number of para-hydroxylation sites is 2. The average molecular weight is 514 g/mol. The molecule has 0 atom stereocenters. The summed E-state index contributed by atoms with van der Waals surface area (Å²) in [5, 5.41) is 4.35. The van der Waals surface area contributed by atoms with E-state index in [0.717, 1.165) is 29.5 Å². The van der Waals surface area contributed by atoms with Gasteiger partial charge in [0.2, 0.25) is 5.91 Å². The molecule has 1 aromatic heterocycles. The van der Waals surface area contributed by atoms with Crippen molar-refractivity contribution in [2.24, 2.45) is 0 Å². The zero-order valence-corrected chi connectivity index (χ0v) is 21.7. The molecule has 0 bridgehead atoms. The highest BCUT2D eigenvalue weighted by atomic mass is 16.2. The van der Waals surface area contributed by atoms with E-state index in [4.69, 9.17) is 0 Å². The number of carbonyl (C=O) groups excluding carboxylic acids is 2. The molecule has 1 saturated heterocycles.